The van der Waals surface area contributed by atoms with Gasteiger partial charge in [-0.3, -0.25) is 23.6 Å². The van der Waals surface area contributed by atoms with Gasteiger partial charge >= 0.3 is 5.69 Å². The number of amides is 1. The van der Waals surface area contributed by atoms with Crippen molar-refractivity contribution in [2.24, 2.45) is 13.0 Å². The Kier molecular flexibility index (Phi) is 8.81. The summed E-state index contributed by atoms with van der Waals surface area (Å²) in [7, 11) is 1.85. The second kappa shape index (κ2) is 13.0. The zero-order chi connectivity index (χ0) is 33.7. The Morgan fingerprint density at radius 1 is 0.979 bits per heavy atom. The van der Waals surface area contributed by atoms with Gasteiger partial charge in [0.1, 0.15) is 0 Å². The lowest BCUT2D eigenvalue weighted by Crippen LogP contribution is -2.50. The van der Waals surface area contributed by atoms with E-state index in [-0.39, 0.29) is 29.7 Å². The van der Waals surface area contributed by atoms with Crippen LogP contribution >= 0.6 is 0 Å². The first-order chi connectivity index (χ1) is 23.1. The average Bonchev–Trinajstić information content (AvgIpc) is 3.84. The Hall–Kier alpha value is -4.15. The number of rotatable bonds is 10. The second-order valence-electron chi connectivity index (χ2n) is 14.2. The highest BCUT2D eigenvalue weighted by molar-refractivity contribution is 5.99. The fourth-order valence-electron chi connectivity index (χ4n) is 7.80. The second-order valence-corrected chi connectivity index (χ2v) is 14.2. The number of aromatic nitrogens is 3. The molecule has 2 saturated heterocycles. The number of fused-ring (bicyclic) bond motifs is 1. The van der Waals surface area contributed by atoms with E-state index < -0.39 is 0 Å². The molecule has 4 aromatic rings. The van der Waals surface area contributed by atoms with Crippen LogP contribution in [0.2, 0.25) is 0 Å². The number of likely N-dealkylation sites (tertiary alicyclic amines) is 1. The van der Waals surface area contributed by atoms with Gasteiger partial charge < -0.3 is 19.9 Å². The van der Waals surface area contributed by atoms with Gasteiger partial charge in [0.15, 0.2) is 0 Å². The monoisotopic (exact) mass is 652 g/mol. The third kappa shape index (κ3) is 6.12. The van der Waals surface area contributed by atoms with Crippen molar-refractivity contribution < 1.29 is 9.53 Å². The number of aromatic amines is 1. The number of nitrogens with one attached hydrogen (secondary N) is 2. The predicted molar refractivity (Wildman–Crippen MR) is 190 cm³/mol. The van der Waals surface area contributed by atoms with E-state index in [1.807, 2.05) is 44.5 Å². The quantitative estimate of drug-likeness (QED) is 0.255. The van der Waals surface area contributed by atoms with E-state index in [1.165, 1.54) is 12.8 Å². The molecule has 254 valence electrons. The van der Waals surface area contributed by atoms with Gasteiger partial charge in [-0.25, -0.2) is 4.79 Å². The normalized spacial score (nSPS) is 17.5. The van der Waals surface area contributed by atoms with Crippen LogP contribution in [0.1, 0.15) is 71.4 Å². The number of hydrogen-bond donors (Lipinski definition) is 2. The summed E-state index contributed by atoms with van der Waals surface area (Å²) in [4.78, 5) is 47.9. The molecule has 2 aromatic heterocycles. The van der Waals surface area contributed by atoms with E-state index in [0.717, 1.165) is 103 Å². The molecule has 10 nitrogen and oxygen atoms in total. The molecule has 0 unspecified atom stereocenters. The van der Waals surface area contributed by atoms with Gasteiger partial charge in [0, 0.05) is 81.5 Å². The molecule has 2 N–H and O–H groups in total. The summed E-state index contributed by atoms with van der Waals surface area (Å²) in [5.74, 6) is 0.618. The van der Waals surface area contributed by atoms with Crippen LogP contribution in [-0.4, -0.2) is 70.4 Å². The van der Waals surface area contributed by atoms with Gasteiger partial charge in [-0.05, 0) is 112 Å². The standard InChI is InChI=1S/C38H48N6O4/c1-6-43(29-11-13-48-14-12-29)34-18-28(16-31(25(34)4)36(45)39-19-32-23(2)15-24(3)40-37(32)46)27-9-10-33-35(17-27)41(5)38(47)44(33)30-21-42(22-30)20-26-7-8-26/h9-10,15-18,26,29-30H,6-8,11-14,19-22H2,1-5H3,(H,39,45)(H,40,46). The fourth-order valence-corrected chi connectivity index (χ4v) is 7.80. The number of carbonyl (C=O) groups excluding carboxylic acids is 1. The van der Waals surface area contributed by atoms with Crippen molar-refractivity contribution in [3.05, 3.63) is 85.2 Å². The molecule has 3 fully saturated rings. The number of ether oxygens (including phenoxy) is 1. The minimum atomic E-state index is -0.224. The lowest BCUT2D eigenvalue weighted by molar-refractivity contribution is 0.0846. The first-order valence-electron chi connectivity index (χ1n) is 17.5. The Labute approximate surface area is 281 Å². The lowest BCUT2D eigenvalue weighted by Gasteiger charge is -2.39. The van der Waals surface area contributed by atoms with Crippen LogP contribution < -0.4 is 21.5 Å². The number of aryl methyl sites for hydroxylation is 3. The van der Waals surface area contributed by atoms with Gasteiger partial charge in [-0.2, -0.15) is 0 Å². The van der Waals surface area contributed by atoms with Crippen molar-refractivity contribution in [2.45, 2.75) is 72.0 Å². The number of pyridine rings is 1. The van der Waals surface area contributed by atoms with Crippen LogP contribution in [0.5, 0.6) is 0 Å². The molecular weight excluding hydrogens is 604 g/mol. The van der Waals surface area contributed by atoms with Crippen LogP contribution in [0, 0.1) is 26.7 Å². The molecule has 2 aliphatic heterocycles. The summed E-state index contributed by atoms with van der Waals surface area (Å²) in [5.41, 5.74) is 8.22. The average molecular weight is 653 g/mol. The van der Waals surface area contributed by atoms with Crippen LogP contribution in [0.15, 0.2) is 46.0 Å². The molecule has 1 saturated carbocycles. The van der Waals surface area contributed by atoms with Gasteiger partial charge in [-0.15, -0.1) is 0 Å². The van der Waals surface area contributed by atoms with E-state index in [4.69, 9.17) is 4.74 Å². The maximum atomic E-state index is 14.0. The predicted octanol–water partition coefficient (Wildman–Crippen LogP) is 4.82. The first kappa shape index (κ1) is 32.4. The number of H-pyrrole nitrogens is 1. The van der Waals surface area contributed by atoms with E-state index in [2.05, 4.69) is 51.3 Å². The largest absolute Gasteiger partial charge is 0.381 e. The molecule has 10 heteroatoms. The van der Waals surface area contributed by atoms with Crippen molar-refractivity contribution in [3.8, 4) is 11.1 Å². The molecule has 3 aliphatic rings. The number of benzene rings is 2. The maximum Gasteiger partial charge on any atom is 0.329 e. The first-order valence-corrected chi connectivity index (χ1v) is 17.5. The van der Waals surface area contributed by atoms with E-state index in [1.54, 1.807) is 4.57 Å². The van der Waals surface area contributed by atoms with Gasteiger partial charge in [0.05, 0.1) is 17.1 Å². The minimum absolute atomic E-state index is 0.0148. The summed E-state index contributed by atoms with van der Waals surface area (Å²) in [6, 6.07) is 12.8. The molecule has 7 rings (SSSR count). The Morgan fingerprint density at radius 2 is 1.73 bits per heavy atom. The lowest BCUT2D eigenvalue weighted by atomic mass is 9.95. The topological polar surface area (TPSA) is 105 Å². The van der Waals surface area contributed by atoms with Gasteiger partial charge in [0.25, 0.3) is 11.5 Å². The van der Waals surface area contributed by atoms with Gasteiger partial charge in [-0.1, -0.05) is 6.07 Å². The Morgan fingerprint density at radius 3 is 2.42 bits per heavy atom. The van der Waals surface area contributed by atoms with Crippen molar-refractivity contribution in [3.63, 3.8) is 0 Å². The fraction of sp³-hybridized carbons (Fsp3) is 0.500. The molecule has 0 atom stereocenters. The summed E-state index contributed by atoms with van der Waals surface area (Å²) >= 11 is 0. The van der Waals surface area contributed by atoms with Crippen molar-refractivity contribution in [1.29, 1.82) is 0 Å². The van der Waals surface area contributed by atoms with E-state index in [9.17, 15) is 14.4 Å². The highest BCUT2D eigenvalue weighted by Crippen LogP contribution is 2.36. The third-order valence-corrected chi connectivity index (χ3v) is 10.8. The number of carbonyl (C=O) groups is 1. The zero-order valence-corrected chi connectivity index (χ0v) is 28.9. The number of hydrogen-bond acceptors (Lipinski definition) is 6. The summed E-state index contributed by atoms with van der Waals surface area (Å²) in [6.45, 7) is 13.3. The number of imidazole rings is 1. The Balaban J connectivity index is 1.25. The molecule has 0 radical (unpaired) electrons. The molecule has 2 aromatic carbocycles. The van der Waals surface area contributed by atoms with E-state index in [0.29, 0.717) is 17.2 Å². The Bertz CT molecular complexity index is 1970. The molecule has 0 bridgehead atoms. The van der Waals surface area contributed by atoms with Crippen molar-refractivity contribution in [2.75, 3.05) is 44.3 Å². The van der Waals surface area contributed by atoms with Crippen molar-refractivity contribution in [1.82, 2.24) is 24.3 Å². The smallest absolute Gasteiger partial charge is 0.329 e. The van der Waals surface area contributed by atoms with Crippen LogP contribution in [0.25, 0.3) is 22.2 Å². The number of nitrogens with zero attached hydrogens (tertiary/aromatic N) is 4. The highest BCUT2D eigenvalue weighted by atomic mass is 16.5. The zero-order valence-electron chi connectivity index (χ0n) is 28.9. The van der Waals surface area contributed by atoms with Crippen LogP contribution in [0.4, 0.5) is 5.69 Å². The van der Waals surface area contributed by atoms with Crippen LogP contribution in [-0.2, 0) is 18.3 Å². The molecule has 1 amide bonds. The third-order valence-electron chi connectivity index (χ3n) is 10.8. The molecule has 48 heavy (non-hydrogen) atoms. The molecule has 0 spiro atoms. The van der Waals surface area contributed by atoms with Crippen LogP contribution in [0.3, 0.4) is 0 Å². The van der Waals surface area contributed by atoms with Gasteiger partial charge in [0.2, 0.25) is 0 Å². The summed E-state index contributed by atoms with van der Waals surface area (Å²) in [5, 5.41) is 3.04. The molecular formula is C38H48N6O4. The highest BCUT2D eigenvalue weighted by Gasteiger charge is 2.35. The summed E-state index contributed by atoms with van der Waals surface area (Å²) < 4.78 is 9.41. The maximum absolute atomic E-state index is 14.0. The molecule has 4 heterocycles. The van der Waals surface area contributed by atoms with E-state index >= 15 is 0 Å². The summed E-state index contributed by atoms with van der Waals surface area (Å²) in [6.07, 6.45) is 4.52. The number of anilines is 1. The SMILES string of the molecule is CCN(c1cc(-c2ccc3c(c2)n(C)c(=O)n3C2CN(CC3CC3)C2)cc(C(=O)NCc2c(C)cc(C)[nH]c2=O)c1C)C1CCOCC1. The minimum Gasteiger partial charge on any atom is -0.381 e. The molecule has 1 aliphatic carbocycles. The van der Waals surface area contributed by atoms with Crippen molar-refractivity contribution >= 4 is 22.6 Å².